The largest absolute Gasteiger partial charge is 0.417 e. The zero-order chi connectivity index (χ0) is 14.9. The van der Waals surface area contributed by atoms with Gasteiger partial charge in [-0.05, 0) is 27.7 Å². The van der Waals surface area contributed by atoms with E-state index in [0.29, 0.717) is 0 Å². The van der Waals surface area contributed by atoms with Crippen LogP contribution in [0.4, 0.5) is 0 Å². The van der Waals surface area contributed by atoms with Crippen molar-refractivity contribution in [2.24, 2.45) is 0 Å². The molecule has 0 aliphatic heterocycles. The lowest BCUT2D eigenvalue weighted by molar-refractivity contribution is 0.153. The van der Waals surface area contributed by atoms with Crippen molar-refractivity contribution in [1.82, 2.24) is 4.44 Å². The van der Waals surface area contributed by atoms with Crippen LogP contribution >= 0.6 is 15.5 Å². The second-order valence-electron chi connectivity index (χ2n) is 3.30. The summed E-state index contributed by atoms with van der Waals surface area (Å²) in [5.74, 6) is 0. The van der Waals surface area contributed by atoms with Gasteiger partial charge in [-0.15, -0.1) is 4.44 Å². The Morgan fingerprint density at radius 3 is 1.11 bits per heavy atom. The van der Waals surface area contributed by atoms with Crippen LogP contribution in [0.15, 0.2) is 0 Å². The monoisotopic (exact) mass is 317 g/mol. The summed E-state index contributed by atoms with van der Waals surface area (Å²) in [5.41, 5.74) is 0. The van der Waals surface area contributed by atoms with Crippen molar-refractivity contribution in [3.05, 3.63) is 0 Å². The molecule has 0 aromatic carbocycles. The summed E-state index contributed by atoms with van der Waals surface area (Å²) < 4.78 is 47.2. The van der Waals surface area contributed by atoms with Crippen LogP contribution in [-0.2, 0) is 27.2 Å². The predicted octanol–water partition coefficient (Wildman–Crippen LogP) is 3.67. The van der Waals surface area contributed by atoms with Gasteiger partial charge in [-0.1, -0.05) is 6.92 Å². The minimum absolute atomic E-state index is 0.161. The molecule has 0 unspecified atom stereocenters. The van der Waals surface area contributed by atoms with E-state index in [2.05, 4.69) is 0 Å². The Labute approximate surface area is 115 Å². The SMILES string of the molecule is CCOP(=O)(OCC)N(CC)P(=O)(OCC)OCC. The smallest absolute Gasteiger partial charge is 0.297 e. The second-order valence-corrected chi connectivity index (χ2v) is 7.48. The molecule has 19 heavy (non-hydrogen) atoms. The Morgan fingerprint density at radius 2 is 0.947 bits per heavy atom. The van der Waals surface area contributed by atoms with Gasteiger partial charge in [0.1, 0.15) is 0 Å². The molecule has 0 heterocycles. The molecule has 0 fully saturated rings. The fourth-order valence-corrected chi connectivity index (χ4v) is 5.85. The topological polar surface area (TPSA) is 74.3 Å². The minimum Gasteiger partial charge on any atom is -0.297 e. The maximum Gasteiger partial charge on any atom is 0.417 e. The van der Waals surface area contributed by atoms with Crippen LogP contribution < -0.4 is 0 Å². The summed E-state index contributed by atoms with van der Waals surface area (Å²) >= 11 is 0. The lowest BCUT2D eigenvalue weighted by atomic mass is 10.8. The van der Waals surface area contributed by atoms with Gasteiger partial charge in [-0.3, -0.25) is 18.1 Å². The van der Waals surface area contributed by atoms with Gasteiger partial charge in [0.15, 0.2) is 0 Å². The highest BCUT2D eigenvalue weighted by molar-refractivity contribution is 7.67. The zero-order valence-corrected chi connectivity index (χ0v) is 14.1. The lowest BCUT2D eigenvalue weighted by Crippen LogP contribution is -2.23. The molecule has 0 saturated heterocycles. The van der Waals surface area contributed by atoms with Crippen LogP contribution in [0.2, 0.25) is 0 Å². The van der Waals surface area contributed by atoms with Gasteiger partial charge in [-0.2, -0.15) is 0 Å². The molecule has 0 aliphatic rings. The Balaban J connectivity index is 5.41. The van der Waals surface area contributed by atoms with E-state index in [1.165, 1.54) is 0 Å². The molecular weight excluding hydrogens is 292 g/mol. The standard InChI is InChI=1S/C10H25NO6P2/c1-6-11(18(12,14-7-2)15-8-3)19(13,16-9-4)17-10-5/h6-10H2,1-5H3. The van der Waals surface area contributed by atoms with Crippen molar-refractivity contribution < 1.29 is 27.2 Å². The Kier molecular flexibility index (Phi) is 9.37. The molecule has 0 rings (SSSR count). The number of nitrogens with zero attached hydrogens (tertiary/aromatic N) is 1. The average Bonchev–Trinajstić information content (AvgIpc) is 2.30. The Bertz CT molecular complexity index is 288. The maximum absolute atomic E-state index is 12.7. The van der Waals surface area contributed by atoms with Gasteiger partial charge < -0.3 is 0 Å². The normalized spacial score (nSPS) is 13.2. The number of rotatable bonds is 11. The van der Waals surface area contributed by atoms with Crippen molar-refractivity contribution in [2.75, 3.05) is 33.0 Å². The lowest BCUT2D eigenvalue weighted by Gasteiger charge is -2.32. The summed E-state index contributed by atoms with van der Waals surface area (Å²) in [6.45, 7) is 9.29. The number of hydrogen-bond acceptors (Lipinski definition) is 6. The highest BCUT2D eigenvalue weighted by atomic mass is 31.3. The third-order valence-corrected chi connectivity index (χ3v) is 7.37. The van der Waals surface area contributed by atoms with Crippen LogP contribution in [0, 0.1) is 0 Å². The molecule has 0 atom stereocenters. The molecule has 116 valence electrons. The van der Waals surface area contributed by atoms with Gasteiger partial charge in [-0.25, -0.2) is 9.13 Å². The fourth-order valence-electron chi connectivity index (χ4n) is 1.47. The second kappa shape index (κ2) is 9.24. The summed E-state index contributed by atoms with van der Waals surface area (Å²) in [6.07, 6.45) is 0. The quantitative estimate of drug-likeness (QED) is 0.538. The Morgan fingerprint density at radius 1 is 0.684 bits per heavy atom. The van der Waals surface area contributed by atoms with Crippen molar-refractivity contribution in [2.45, 2.75) is 34.6 Å². The first kappa shape index (κ1) is 19.3. The van der Waals surface area contributed by atoms with Crippen molar-refractivity contribution in [3.8, 4) is 0 Å². The molecule has 0 radical (unpaired) electrons. The Hall–Kier alpha value is 0.260. The van der Waals surface area contributed by atoms with Crippen LogP contribution in [0.3, 0.4) is 0 Å². The van der Waals surface area contributed by atoms with Crippen molar-refractivity contribution in [3.63, 3.8) is 0 Å². The van der Waals surface area contributed by atoms with E-state index < -0.39 is 15.5 Å². The molecule has 9 heteroatoms. The van der Waals surface area contributed by atoms with E-state index in [1.807, 2.05) is 0 Å². The summed E-state index contributed by atoms with van der Waals surface area (Å²) in [7, 11) is -7.38. The first-order valence-electron chi connectivity index (χ1n) is 6.50. The molecular formula is C10H25NO6P2. The molecule has 0 aromatic heterocycles. The van der Waals surface area contributed by atoms with Gasteiger partial charge >= 0.3 is 15.5 Å². The van der Waals surface area contributed by atoms with Crippen molar-refractivity contribution >= 4 is 15.5 Å². The maximum atomic E-state index is 12.7. The van der Waals surface area contributed by atoms with E-state index in [0.717, 1.165) is 4.44 Å². The van der Waals surface area contributed by atoms with E-state index in [4.69, 9.17) is 18.1 Å². The van der Waals surface area contributed by atoms with E-state index in [9.17, 15) is 9.13 Å². The summed E-state index contributed by atoms with van der Waals surface area (Å²) in [6, 6.07) is 0. The highest BCUT2D eigenvalue weighted by Gasteiger charge is 2.46. The highest BCUT2D eigenvalue weighted by Crippen LogP contribution is 2.68. The molecule has 0 bridgehead atoms. The molecule has 7 nitrogen and oxygen atoms in total. The van der Waals surface area contributed by atoms with Gasteiger partial charge in [0.05, 0.1) is 26.4 Å². The zero-order valence-electron chi connectivity index (χ0n) is 12.3. The summed E-state index contributed by atoms with van der Waals surface area (Å²) in [5, 5.41) is 0. The first-order valence-corrected chi connectivity index (χ1v) is 9.49. The first-order chi connectivity index (χ1) is 8.94. The average molecular weight is 317 g/mol. The number of hydrogen-bond donors (Lipinski definition) is 0. The van der Waals surface area contributed by atoms with Crippen LogP contribution in [0.5, 0.6) is 0 Å². The van der Waals surface area contributed by atoms with Crippen LogP contribution in [-0.4, -0.2) is 37.4 Å². The van der Waals surface area contributed by atoms with Gasteiger partial charge in [0, 0.05) is 6.54 Å². The third-order valence-electron chi connectivity index (χ3n) is 2.02. The molecule has 0 aliphatic carbocycles. The molecule has 0 saturated carbocycles. The molecule has 0 N–H and O–H groups in total. The summed E-state index contributed by atoms with van der Waals surface area (Å²) in [4.78, 5) is 0. The fraction of sp³-hybridized carbons (Fsp3) is 1.00. The molecule has 0 spiro atoms. The van der Waals surface area contributed by atoms with E-state index in [-0.39, 0.29) is 33.0 Å². The minimum atomic E-state index is -3.69. The van der Waals surface area contributed by atoms with E-state index in [1.54, 1.807) is 34.6 Å². The van der Waals surface area contributed by atoms with Crippen molar-refractivity contribution in [1.29, 1.82) is 0 Å². The van der Waals surface area contributed by atoms with Gasteiger partial charge in [0.2, 0.25) is 0 Å². The van der Waals surface area contributed by atoms with Crippen LogP contribution in [0.1, 0.15) is 34.6 Å². The van der Waals surface area contributed by atoms with Crippen LogP contribution in [0.25, 0.3) is 0 Å². The predicted molar refractivity (Wildman–Crippen MR) is 74.1 cm³/mol. The molecule has 0 aromatic rings. The van der Waals surface area contributed by atoms with Gasteiger partial charge in [0.25, 0.3) is 0 Å². The third kappa shape index (κ3) is 5.27. The molecule has 0 amide bonds. The van der Waals surface area contributed by atoms with E-state index >= 15 is 0 Å².